The molecule has 1 atom stereocenters. The number of carbonyl (C=O) groups is 2. The fraction of sp³-hybridized carbons (Fsp3) is 0.567. The smallest absolute Gasteiger partial charge is 0.251 e. The molecule has 2 aliphatic heterocycles. The molecular formula is C30H43N5O4. The van der Waals surface area contributed by atoms with Gasteiger partial charge in [-0.2, -0.15) is 0 Å². The van der Waals surface area contributed by atoms with Crippen LogP contribution in [-0.4, -0.2) is 103 Å². The van der Waals surface area contributed by atoms with Crippen molar-refractivity contribution in [2.45, 2.75) is 45.3 Å². The molecule has 0 bridgehead atoms. The quantitative estimate of drug-likeness (QED) is 0.452. The Morgan fingerprint density at radius 1 is 1.15 bits per heavy atom. The molecule has 2 aliphatic rings. The van der Waals surface area contributed by atoms with Gasteiger partial charge in [0.1, 0.15) is 6.61 Å². The number of carbonyl (C=O) groups excluding carboxylic acids is 2. The van der Waals surface area contributed by atoms with Crippen molar-refractivity contribution in [2.75, 3.05) is 60.0 Å². The van der Waals surface area contributed by atoms with Gasteiger partial charge in [-0.1, -0.05) is 24.3 Å². The molecule has 1 aromatic heterocycles. The Balaban J connectivity index is 1.34. The Labute approximate surface area is 232 Å². The van der Waals surface area contributed by atoms with E-state index in [9.17, 15) is 14.7 Å². The summed E-state index contributed by atoms with van der Waals surface area (Å²) in [7, 11) is 3.96. The number of benzene rings is 1. The second-order valence-electron chi connectivity index (χ2n) is 11.1. The minimum Gasteiger partial charge on any atom is -0.476 e. The van der Waals surface area contributed by atoms with E-state index in [2.05, 4.69) is 34.5 Å². The van der Waals surface area contributed by atoms with Crippen molar-refractivity contribution in [1.29, 1.82) is 0 Å². The number of pyridine rings is 1. The number of likely N-dealkylation sites (N-methyl/N-ethyl adjacent to an activating group) is 1. The molecular weight excluding hydrogens is 494 g/mol. The van der Waals surface area contributed by atoms with E-state index < -0.39 is 6.10 Å². The van der Waals surface area contributed by atoms with Gasteiger partial charge in [0.05, 0.1) is 6.10 Å². The van der Waals surface area contributed by atoms with Gasteiger partial charge in [0.15, 0.2) is 0 Å². The summed E-state index contributed by atoms with van der Waals surface area (Å²) in [6.45, 7) is 6.73. The average Bonchev–Trinajstić information content (AvgIpc) is 2.91. The molecule has 2 N–H and O–H groups in total. The average molecular weight is 538 g/mol. The van der Waals surface area contributed by atoms with Crippen molar-refractivity contribution >= 4 is 11.8 Å². The maximum absolute atomic E-state index is 13.1. The summed E-state index contributed by atoms with van der Waals surface area (Å²) in [5.74, 6) is 0.713. The summed E-state index contributed by atoms with van der Waals surface area (Å²) in [6.07, 6.45) is 2.88. The zero-order valence-corrected chi connectivity index (χ0v) is 23.6. The molecule has 212 valence electrons. The first-order chi connectivity index (χ1) is 18.8. The molecule has 0 saturated carbocycles. The summed E-state index contributed by atoms with van der Waals surface area (Å²) in [4.78, 5) is 35.7. The highest BCUT2D eigenvalue weighted by Crippen LogP contribution is 2.23. The highest BCUT2D eigenvalue weighted by atomic mass is 16.5. The SMILES string of the molecule is CC(=O)N1CCC(Cc2cc(C(=O)NC[C@H](O)CN3CCc4ccccc4C3)cc(OCCN(C)C)n2)CC1. The molecule has 0 radical (unpaired) electrons. The summed E-state index contributed by atoms with van der Waals surface area (Å²) >= 11 is 0. The number of amides is 2. The van der Waals surface area contributed by atoms with E-state index in [1.165, 1.54) is 11.1 Å². The van der Waals surface area contributed by atoms with Gasteiger partial charge in [-0.3, -0.25) is 14.5 Å². The lowest BCUT2D eigenvalue weighted by atomic mass is 9.91. The standard InChI is InChI=1S/C30H43N5O4/c1-22(36)35-12-8-23(9-13-35)16-27-17-26(18-29(32-27)39-15-14-33(2)3)30(38)31-19-28(37)21-34-11-10-24-6-4-5-7-25(24)20-34/h4-7,17-18,23,28,37H,8-16,19-21H2,1-3H3,(H,31,38)/t28-/m0/s1. The number of nitrogens with zero attached hydrogens (tertiary/aromatic N) is 4. The number of aliphatic hydroxyl groups excluding tert-OH is 1. The number of aromatic nitrogens is 1. The summed E-state index contributed by atoms with van der Waals surface area (Å²) in [6, 6.07) is 11.9. The monoisotopic (exact) mass is 537 g/mol. The first-order valence-electron chi connectivity index (χ1n) is 14.1. The molecule has 0 aliphatic carbocycles. The van der Waals surface area contributed by atoms with Gasteiger partial charge in [-0.05, 0) is 62.9 Å². The van der Waals surface area contributed by atoms with Crippen molar-refractivity contribution in [3.8, 4) is 5.88 Å². The van der Waals surface area contributed by atoms with Crippen molar-refractivity contribution in [1.82, 2.24) is 25.0 Å². The molecule has 1 fully saturated rings. The Hall–Kier alpha value is -3.01. The van der Waals surface area contributed by atoms with Crippen LogP contribution in [0.25, 0.3) is 0 Å². The molecule has 39 heavy (non-hydrogen) atoms. The third-order valence-electron chi connectivity index (χ3n) is 7.64. The lowest BCUT2D eigenvalue weighted by molar-refractivity contribution is -0.130. The first kappa shape index (κ1) is 29.0. The Morgan fingerprint density at radius 2 is 1.90 bits per heavy atom. The first-order valence-corrected chi connectivity index (χ1v) is 14.1. The van der Waals surface area contributed by atoms with Crippen molar-refractivity contribution in [3.63, 3.8) is 0 Å². The fourth-order valence-electron chi connectivity index (χ4n) is 5.34. The molecule has 4 rings (SSSR count). The topological polar surface area (TPSA) is 98.2 Å². The molecule has 1 saturated heterocycles. The Kier molecular flexibility index (Phi) is 10.3. The molecule has 3 heterocycles. The van der Waals surface area contributed by atoms with E-state index in [0.717, 1.165) is 64.1 Å². The van der Waals surface area contributed by atoms with Gasteiger partial charge in [0.25, 0.3) is 5.91 Å². The van der Waals surface area contributed by atoms with Crippen LogP contribution in [0.1, 0.15) is 46.9 Å². The van der Waals surface area contributed by atoms with E-state index in [1.54, 1.807) is 13.0 Å². The maximum Gasteiger partial charge on any atom is 0.251 e. The van der Waals surface area contributed by atoms with Crippen LogP contribution in [-0.2, 0) is 24.2 Å². The molecule has 2 aromatic rings. The van der Waals surface area contributed by atoms with Crippen LogP contribution in [0.5, 0.6) is 5.88 Å². The van der Waals surface area contributed by atoms with Gasteiger partial charge in [-0.15, -0.1) is 0 Å². The van der Waals surface area contributed by atoms with Crippen LogP contribution in [0.4, 0.5) is 0 Å². The number of β-amino-alcohol motifs (C(OH)–C–C–N with tert-alkyl or cyclic N) is 1. The van der Waals surface area contributed by atoms with Crippen molar-refractivity contribution in [2.24, 2.45) is 5.92 Å². The summed E-state index contributed by atoms with van der Waals surface area (Å²) in [5.41, 5.74) is 3.98. The number of fused-ring (bicyclic) bond motifs is 1. The number of piperidine rings is 1. The summed E-state index contributed by atoms with van der Waals surface area (Å²) < 4.78 is 5.90. The Morgan fingerprint density at radius 3 is 2.62 bits per heavy atom. The minimum atomic E-state index is -0.664. The second kappa shape index (κ2) is 13.9. The molecule has 9 heteroatoms. The fourth-order valence-corrected chi connectivity index (χ4v) is 5.34. The van der Waals surface area contributed by atoms with E-state index in [0.29, 0.717) is 30.5 Å². The zero-order valence-electron chi connectivity index (χ0n) is 23.6. The number of rotatable bonds is 11. The lowest BCUT2D eigenvalue weighted by Crippen LogP contribution is -2.42. The number of hydrogen-bond acceptors (Lipinski definition) is 7. The molecule has 2 amide bonds. The van der Waals surface area contributed by atoms with Gasteiger partial charge in [0, 0.05) is 70.1 Å². The molecule has 0 unspecified atom stereocenters. The third-order valence-corrected chi connectivity index (χ3v) is 7.64. The van der Waals surface area contributed by atoms with Crippen molar-refractivity contribution < 1.29 is 19.4 Å². The molecule has 0 spiro atoms. The zero-order chi connectivity index (χ0) is 27.8. The predicted molar refractivity (Wildman–Crippen MR) is 151 cm³/mol. The van der Waals surface area contributed by atoms with Crippen LogP contribution in [0.3, 0.4) is 0 Å². The van der Waals surface area contributed by atoms with E-state index in [1.807, 2.05) is 30.0 Å². The van der Waals surface area contributed by atoms with Gasteiger partial charge in [-0.25, -0.2) is 4.98 Å². The van der Waals surface area contributed by atoms with Crippen LogP contribution in [0, 0.1) is 5.92 Å². The number of ether oxygens (including phenoxy) is 1. The largest absolute Gasteiger partial charge is 0.476 e. The number of hydrogen-bond donors (Lipinski definition) is 2. The van der Waals surface area contributed by atoms with E-state index in [4.69, 9.17) is 9.72 Å². The van der Waals surface area contributed by atoms with Gasteiger partial charge in [0.2, 0.25) is 11.8 Å². The van der Waals surface area contributed by atoms with Crippen LogP contribution in [0.15, 0.2) is 36.4 Å². The summed E-state index contributed by atoms with van der Waals surface area (Å²) in [5, 5.41) is 13.6. The second-order valence-corrected chi connectivity index (χ2v) is 11.1. The predicted octanol–water partition coefficient (Wildman–Crippen LogP) is 1.97. The maximum atomic E-state index is 13.1. The van der Waals surface area contributed by atoms with Gasteiger partial charge >= 0.3 is 0 Å². The van der Waals surface area contributed by atoms with Crippen molar-refractivity contribution in [3.05, 3.63) is 58.8 Å². The van der Waals surface area contributed by atoms with Crippen LogP contribution >= 0.6 is 0 Å². The number of aliphatic hydroxyl groups is 1. The third kappa shape index (κ3) is 8.74. The van der Waals surface area contributed by atoms with E-state index >= 15 is 0 Å². The highest BCUT2D eigenvalue weighted by molar-refractivity contribution is 5.94. The number of likely N-dealkylation sites (tertiary alicyclic amines) is 1. The highest BCUT2D eigenvalue weighted by Gasteiger charge is 2.23. The lowest BCUT2D eigenvalue weighted by Gasteiger charge is -2.31. The van der Waals surface area contributed by atoms with Crippen LogP contribution < -0.4 is 10.1 Å². The molecule has 1 aromatic carbocycles. The normalized spacial score (nSPS) is 17.1. The van der Waals surface area contributed by atoms with Gasteiger partial charge < -0.3 is 25.0 Å². The minimum absolute atomic E-state index is 0.120. The van der Waals surface area contributed by atoms with E-state index in [-0.39, 0.29) is 18.4 Å². The van der Waals surface area contributed by atoms with Crippen LogP contribution in [0.2, 0.25) is 0 Å². The Bertz CT molecular complexity index is 1120. The molecule has 9 nitrogen and oxygen atoms in total. The number of nitrogens with one attached hydrogen (secondary N) is 1.